The monoisotopic (exact) mass is 305 g/mol. The second-order valence-corrected chi connectivity index (χ2v) is 6.25. The van der Waals surface area contributed by atoms with Crippen LogP contribution in [0.3, 0.4) is 0 Å². The Balaban J connectivity index is 1.75. The van der Waals surface area contributed by atoms with Crippen LogP contribution in [0.5, 0.6) is 0 Å². The number of benzene rings is 2. The highest BCUT2D eigenvalue weighted by Gasteiger charge is 2.23. The summed E-state index contributed by atoms with van der Waals surface area (Å²) in [6.07, 6.45) is 2.23. The lowest BCUT2D eigenvalue weighted by molar-refractivity contribution is 0.465. The molecule has 2 aromatic carbocycles. The van der Waals surface area contributed by atoms with Crippen LogP contribution < -0.4 is 5.32 Å². The molecule has 1 unspecified atom stereocenters. The van der Waals surface area contributed by atoms with Crippen molar-refractivity contribution < 1.29 is 0 Å². The molecule has 0 saturated heterocycles. The van der Waals surface area contributed by atoms with E-state index in [4.69, 9.17) is 23.2 Å². The maximum absolute atomic E-state index is 6.05. The molecule has 2 atom stereocenters. The molecule has 104 valence electrons. The van der Waals surface area contributed by atoms with Crippen molar-refractivity contribution in [2.24, 2.45) is 0 Å². The molecular formula is C17H17Cl2N. The summed E-state index contributed by atoms with van der Waals surface area (Å²) in [6.45, 7) is 2.19. The maximum Gasteiger partial charge on any atom is 0.0408 e. The van der Waals surface area contributed by atoms with Crippen LogP contribution in [-0.2, 0) is 6.42 Å². The largest absolute Gasteiger partial charge is 0.303 e. The molecule has 0 fully saturated rings. The molecular weight excluding hydrogens is 289 g/mol. The highest BCUT2D eigenvalue weighted by Crippen LogP contribution is 2.34. The molecule has 3 rings (SSSR count). The maximum atomic E-state index is 6.05. The Labute approximate surface area is 129 Å². The number of hydrogen-bond acceptors (Lipinski definition) is 1. The number of nitrogens with one attached hydrogen (secondary N) is 1. The van der Waals surface area contributed by atoms with Crippen molar-refractivity contribution in [2.75, 3.05) is 0 Å². The van der Waals surface area contributed by atoms with E-state index in [1.165, 1.54) is 16.7 Å². The molecule has 0 radical (unpaired) electrons. The fourth-order valence-electron chi connectivity index (χ4n) is 2.91. The normalized spacial score (nSPS) is 18.9. The van der Waals surface area contributed by atoms with Crippen LogP contribution in [0.15, 0.2) is 42.5 Å². The molecule has 0 saturated carbocycles. The van der Waals surface area contributed by atoms with Crippen LogP contribution in [0.4, 0.5) is 0 Å². The smallest absolute Gasteiger partial charge is 0.0408 e. The standard InChI is InChI=1S/C17H17Cl2N/c1-11(12-2-5-14(18)6-3-12)20-17-9-4-13-10-15(19)7-8-16(13)17/h2-3,5-8,10-11,17,20H,4,9H2,1H3/t11-,17?/m1/s1. The summed E-state index contributed by atoms with van der Waals surface area (Å²) in [5.74, 6) is 0. The van der Waals surface area contributed by atoms with Gasteiger partial charge in [-0.15, -0.1) is 0 Å². The van der Waals surface area contributed by atoms with Crippen molar-refractivity contribution in [3.8, 4) is 0 Å². The highest BCUT2D eigenvalue weighted by molar-refractivity contribution is 6.30. The van der Waals surface area contributed by atoms with Crippen LogP contribution in [0.25, 0.3) is 0 Å². The van der Waals surface area contributed by atoms with Gasteiger partial charge in [0.05, 0.1) is 0 Å². The van der Waals surface area contributed by atoms with Gasteiger partial charge in [0.2, 0.25) is 0 Å². The third kappa shape index (κ3) is 2.85. The minimum Gasteiger partial charge on any atom is -0.303 e. The molecule has 0 spiro atoms. The first-order valence-corrected chi connectivity index (χ1v) is 7.69. The van der Waals surface area contributed by atoms with E-state index in [9.17, 15) is 0 Å². The van der Waals surface area contributed by atoms with Crippen LogP contribution in [0.2, 0.25) is 10.0 Å². The summed E-state index contributed by atoms with van der Waals surface area (Å²) >= 11 is 12.0. The quantitative estimate of drug-likeness (QED) is 0.808. The van der Waals surface area contributed by atoms with Crippen LogP contribution in [-0.4, -0.2) is 0 Å². The van der Waals surface area contributed by atoms with E-state index >= 15 is 0 Å². The summed E-state index contributed by atoms with van der Waals surface area (Å²) in [6, 6.07) is 15.0. The Morgan fingerprint density at radius 2 is 1.75 bits per heavy atom. The number of aryl methyl sites for hydroxylation is 1. The van der Waals surface area contributed by atoms with Crippen LogP contribution in [0.1, 0.15) is 42.1 Å². The molecule has 1 aliphatic rings. The second kappa shape index (κ2) is 5.77. The van der Waals surface area contributed by atoms with Crippen molar-refractivity contribution in [3.05, 3.63) is 69.2 Å². The van der Waals surface area contributed by atoms with Gasteiger partial charge in [-0.2, -0.15) is 0 Å². The number of fused-ring (bicyclic) bond motifs is 1. The minimum atomic E-state index is 0.305. The Morgan fingerprint density at radius 1 is 1.05 bits per heavy atom. The SMILES string of the molecule is C[C@@H](NC1CCc2cc(Cl)ccc21)c1ccc(Cl)cc1. The lowest BCUT2D eigenvalue weighted by atomic mass is 10.0. The number of hydrogen-bond donors (Lipinski definition) is 1. The summed E-state index contributed by atoms with van der Waals surface area (Å²) in [5.41, 5.74) is 4.02. The number of rotatable bonds is 3. The van der Waals surface area contributed by atoms with Crippen molar-refractivity contribution >= 4 is 23.2 Å². The molecule has 2 aromatic rings. The Bertz CT molecular complexity index is 607. The lowest BCUT2D eigenvalue weighted by Gasteiger charge is -2.21. The summed E-state index contributed by atoms with van der Waals surface area (Å²) < 4.78 is 0. The van der Waals surface area contributed by atoms with E-state index in [-0.39, 0.29) is 0 Å². The summed E-state index contributed by atoms with van der Waals surface area (Å²) in [5, 5.41) is 5.31. The average Bonchev–Trinajstić information content (AvgIpc) is 2.81. The van der Waals surface area contributed by atoms with Crippen LogP contribution >= 0.6 is 23.2 Å². The first-order chi connectivity index (χ1) is 9.63. The molecule has 0 heterocycles. The first kappa shape index (κ1) is 13.9. The van der Waals surface area contributed by atoms with Gasteiger partial charge in [0, 0.05) is 22.1 Å². The van der Waals surface area contributed by atoms with Gasteiger partial charge in [0.1, 0.15) is 0 Å². The van der Waals surface area contributed by atoms with Gasteiger partial charge in [-0.05, 0) is 60.7 Å². The van der Waals surface area contributed by atoms with E-state index in [0.29, 0.717) is 12.1 Å². The fourth-order valence-corrected chi connectivity index (χ4v) is 3.23. The van der Waals surface area contributed by atoms with Gasteiger partial charge in [0.15, 0.2) is 0 Å². The molecule has 1 nitrogen and oxygen atoms in total. The predicted octanol–water partition coefficient (Wildman–Crippen LogP) is 5.33. The van der Waals surface area contributed by atoms with Gasteiger partial charge in [0.25, 0.3) is 0 Å². The second-order valence-electron chi connectivity index (χ2n) is 5.37. The summed E-state index contributed by atoms with van der Waals surface area (Å²) in [4.78, 5) is 0. The lowest BCUT2D eigenvalue weighted by Crippen LogP contribution is -2.22. The Kier molecular flexibility index (Phi) is 4.02. The third-order valence-corrected chi connectivity index (χ3v) is 4.49. The molecule has 20 heavy (non-hydrogen) atoms. The minimum absolute atomic E-state index is 0.305. The zero-order chi connectivity index (χ0) is 14.1. The average molecular weight is 306 g/mol. The van der Waals surface area contributed by atoms with Gasteiger partial charge in [-0.25, -0.2) is 0 Å². The van der Waals surface area contributed by atoms with Gasteiger partial charge >= 0.3 is 0 Å². The van der Waals surface area contributed by atoms with Gasteiger partial charge < -0.3 is 5.32 Å². The van der Waals surface area contributed by atoms with Gasteiger partial charge in [-0.3, -0.25) is 0 Å². The number of halogens is 2. The molecule has 0 aliphatic heterocycles. The van der Waals surface area contributed by atoms with E-state index in [0.717, 1.165) is 22.9 Å². The topological polar surface area (TPSA) is 12.0 Å². The Morgan fingerprint density at radius 3 is 2.50 bits per heavy atom. The van der Waals surface area contributed by atoms with E-state index in [2.05, 4.69) is 36.5 Å². The van der Waals surface area contributed by atoms with Crippen molar-refractivity contribution in [3.63, 3.8) is 0 Å². The van der Waals surface area contributed by atoms with E-state index in [1.54, 1.807) is 0 Å². The third-order valence-electron chi connectivity index (χ3n) is 4.00. The molecule has 1 aliphatic carbocycles. The first-order valence-electron chi connectivity index (χ1n) is 6.93. The van der Waals surface area contributed by atoms with Gasteiger partial charge in [-0.1, -0.05) is 41.4 Å². The molecule has 1 N–H and O–H groups in total. The van der Waals surface area contributed by atoms with Crippen molar-refractivity contribution in [1.82, 2.24) is 5.32 Å². The molecule has 0 aromatic heterocycles. The van der Waals surface area contributed by atoms with Crippen molar-refractivity contribution in [1.29, 1.82) is 0 Å². The Hall–Kier alpha value is -1.02. The fraction of sp³-hybridized carbons (Fsp3) is 0.294. The molecule has 0 amide bonds. The molecule has 3 heteroatoms. The van der Waals surface area contributed by atoms with Crippen molar-refractivity contribution in [2.45, 2.75) is 31.8 Å². The van der Waals surface area contributed by atoms with E-state index < -0.39 is 0 Å². The van der Waals surface area contributed by atoms with E-state index in [1.807, 2.05) is 18.2 Å². The summed E-state index contributed by atoms with van der Waals surface area (Å²) in [7, 11) is 0. The highest BCUT2D eigenvalue weighted by atomic mass is 35.5. The predicted molar refractivity (Wildman–Crippen MR) is 85.5 cm³/mol. The van der Waals surface area contributed by atoms with Crippen LogP contribution in [0, 0.1) is 0 Å². The molecule has 0 bridgehead atoms. The zero-order valence-electron chi connectivity index (χ0n) is 11.4. The zero-order valence-corrected chi connectivity index (χ0v) is 12.9.